The van der Waals surface area contributed by atoms with Gasteiger partial charge in [-0.15, -0.1) is 0 Å². The average molecular weight is 242 g/mol. The molecule has 0 spiro atoms. The molecule has 0 fully saturated rings. The first-order chi connectivity index (χ1) is 7.13. The highest BCUT2D eigenvalue weighted by atomic mass is 35.5. The van der Waals surface area contributed by atoms with E-state index in [1.165, 1.54) is 0 Å². The highest BCUT2D eigenvalue weighted by molar-refractivity contribution is 6.34. The molecule has 0 aliphatic carbocycles. The number of nitrogens with one attached hydrogen (secondary N) is 1. The van der Waals surface area contributed by atoms with Crippen LogP contribution >= 0.6 is 23.2 Å². The van der Waals surface area contributed by atoms with Crippen LogP contribution in [-0.4, -0.2) is 12.0 Å². The quantitative estimate of drug-likeness (QED) is 0.755. The first-order valence-electron chi connectivity index (χ1n) is 4.35. The summed E-state index contributed by atoms with van der Waals surface area (Å²) in [5, 5.41) is 4.82. The summed E-state index contributed by atoms with van der Waals surface area (Å²) in [7, 11) is 1.79. The topological polar surface area (TPSA) is 50.9 Å². The molecule has 0 bridgehead atoms. The predicted octanol–water partition coefficient (Wildman–Crippen LogP) is 3.17. The van der Waals surface area contributed by atoms with Crippen molar-refractivity contribution >= 4 is 45.5 Å². The minimum Gasteiger partial charge on any atom is -0.395 e. The SMILES string of the molecule is CNc1c(N)c(Cl)nc2cc(Cl)ccc12. The van der Waals surface area contributed by atoms with Crippen LogP contribution in [0.3, 0.4) is 0 Å². The Kier molecular flexibility index (Phi) is 2.59. The number of halogens is 2. The molecule has 0 aliphatic heterocycles. The van der Waals surface area contributed by atoms with Crippen molar-refractivity contribution < 1.29 is 0 Å². The van der Waals surface area contributed by atoms with Gasteiger partial charge in [0.05, 0.1) is 16.9 Å². The van der Waals surface area contributed by atoms with E-state index in [2.05, 4.69) is 10.3 Å². The molecule has 1 aromatic carbocycles. The van der Waals surface area contributed by atoms with Crippen molar-refractivity contribution in [2.75, 3.05) is 18.1 Å². The molecule has 3 nitrogen and oxygen atoms in total. The van der Waals surface area contributed by atoms with Crippen LogP contribution in [0.4, 0.5) is 11.4 Å². The summed E-state index contributed by atoms with van der Waals surface area (Å²) in [6, 6.07) is 5.41. The number of rotatable bonds is 1. The first-order valence-corrected chi connectivity index (χ1v) is 5.11. The maximum Gasteiger partial charge on any atom is 0.154 e. The van der Waals surface area contributed by atoms with E-state index in [1.54, 1.807) is 19.2 Å². The molecule has 0 saturated carbocycles. The summed E-state index contributed by atoms with van der Waals surface area (Å²) >= 11 is 11.8. The molecule has 2 aromatic rings. The Balaban J connectivity index is 2.88. The van der Waals surface area contributed by atoms with E-state index < -0.39 is 0 Å². The molecular weight excluding hydrogens is 233 g/mol. The number of hydrogen-bond acceptors (Lipinski definition) is 3. The van der Waals surface area contributed by atoms with Crippen LogP contribution in [0.1, 0.15) is 0 Å². The van der Waals surface area contributed by atoms with Crippen molar-refractivity contribution in [3.05, 3.63) is 28.4 Å². The van der Waals surface area contributed by atoms with Crippen LogP contribution in [0.15, 0.2) is 18.2 Å². The summed E-state index contributed by atoms with van der Waals surface area (Å²) in [5.74, 6) is 0. The van der Waals surface area contributed by atoms with Gasteiger partial charge in [0, 0.05) is 17.5 Å². The van der Waals surface area contributed by atoms with Gasteiger partial charge < -0.3 is 11.1 Å². The molecule has 0 aliphatic rings. The predicted molar refractivity (Wildman–Crippen MR) is 65.7 cm³/mol. The van der Waals surface area contributed by atoms with E-state index in [1.807, 2.05) is 6.07 Å². The molecule has 2 rings (SSSR count). The van der Waals surface area contributed by atoms with Crippen LogP contribution < -0.4 is 11.1 Å². The summed E-state index contributed by atoms with van der Waals surface area (Å²) in [4.78, 5) is 4.16. The monoisotopic (exact) mass is 241 g/mol. The van der Waals surface area contributed by atoms with Gasteiger partial charge in [-0.25, -0.2) is 4.98 Å². The molecule has 0 unspecified atom stereocenters. The van der Waals surface area contributed by atoms with Crippen molar-refractivity contribution in [1.82, 2.24) is 4.98 Å². The van der Waals surface area contributed by atoms with Crippen molar-refractivity contribution in [2.45, 2.75) is 0 Å². The Hall–Kier alpha value is -1.19. The van der Waals surface area contributed by atoms with Gasteiger partial charge in [-0.1, -0.05) is 23.2 Å². The van der Waals surface area contributed by atoms with Crippen molar-refractivity contribution in [2.24, 2.45) is 0 Å². The second-order valence-corrected chi connectivity index (χ2v) is 3.90. The van der Waals surface area contributed by atoms with Crippen LogP contribution in [0.25, 0.3) is 10.9 Å². The zero-order valence-corrected chi connectivity index (χ0v) is 9.52. The lowest BCUT2D eigenvalue weighted by Crippen LogP contribution is -1.99. The van der Waals surface area contributed by atoms with E-state index in [-0.39, 0.29) is 5.15 Å². The van der Waals surface area contributed by atoms with Gasteiger partial charge in [0.2, 0.25) is 0 Å². The molecule has 3 N–H and O–H groups in total. The zero-order valence-electron chi connectivity index (χ0n) is 8.01. The molecular formula is C10H9Cl2N3. The standard InChI is InChI=1S/C10H9Cl2N3/c1-14-9-6-3-2-5(11)4-7(6)15-10(12)8(9)13/h2-4H,13H2,1H3,(H,14,15). The second-order valence-electron chi connectivity index (χ2n) is 3.10. The number of benzene rings is 1. The number of nitrogens with two attached hydrogens (primary N) is 1. The molecule has 0 saturated heterocycles. The highest BCUT2D eigenvalue weighted by Crippen LogP contribution is 2.33. The summed E-state index contributed by atoms with van der Waals surface area (Å²) in [6.07, 6.45) is 0. The van der Waals surface area contributed by atoms with E-state index in [9.17, 15) is 0 Å². The normalized spacial score (nSPS) is 10.6. The van der Waals surface area contributed by atoms with Crippen LogP contribution in [-0.2, 0) is 0 Å². The maximum atomic E-state index is 5.90. The Morgan fingerprint density at radius 1 is 1.33 bits per heavy atom. The third-order valence-electron chi connectivity index (χ3n) is 2.19. The number of pyridine rings is 1. The molecule has 0 radical (unpaired) electrons. The number of anilines is 2. The van der Waals surface area contributed by atoms with Gasteiger partial charge in [0.25, 0.3) is 0 Å². The van der Waals surface area contributed by atoms with Gasteiger partial charge in [-0.2, -0.15) is 0 Å². The number of nitrogen functional groups attached to an aromatic ring is 1. The van der Waals surface area contributed by atoms with Crippen molar-refractivity contribution in [1.29, 1.82) is 0 Å². The summed E-state index contributed by atoms with van der Waals surface area (Å²) in [5.41, 5.74) is 7.77. The molecule has 1 heterocycles. The largest absolute Gasteiger partial charge is 0.395 e. The average Bonchev–Trinajstić information content (AvgIpc) is 2.20. The van der Waals surface area contributed by atoms with E-state index >= 15 is 0 Å². The fraction of sp³-hybridized carbons (Fsp3) is 0.100. The van der Waals surface area contributed by atoms with Crippen LogP contribution in [0.2, 0.25) is 10.2 Å². The van der Waals surface area contributed by atoms with E-state index in [0.29, 0.717) is 10.7 Å². The Morgan fingerprint density at radius 3 is 2.73 bits per heavy atom. The van der Waals surface area contributed by atoms with Gasteiger partial charge in [-0.3, -0.25) is 0 Å². The molecule has 0 atom stereocenters. The zero-order chi connectivity index (χ0) is 11.0. The number of nitrogens with zero attached hydrogens (tertiary/aromatic N) is 1. The van der Waals surface area contributed by atoms with Crippen LogP contribution in [0, 0.1) is 0 Å². The van der Waals surface area contributed by atoms with Gasteiger partial charge >= 0.3 is 0 Å². The smallest absolute Gasteiger partial charge is 0.154 e. The molecule has 78 valence electrons. The fourth-order valence-electron chi connectivity index (χ4n) is 1.49. The third-order valence-corrected chi connectivity index (χ3v) is 2.71. The molecule has 0 amide bonds. The lowest BCUT2D eigenvalue weighted by molar-refractivity contribution is 1.39. The van der Waals surface area contributed by atoms with Gasteiger partial charge in [0.1, 0.15) is 0 Å². The van der Waals surface area contributed by atoms with Crippen molar-refractivity contribution in [3.63, 3.8) is 0 Å². The third kappa shape index (κ3) is 1.68. The van der Waals surface area contributed by atoms with Gasteiger partial charge in [0.15, 0.2) is 5.15 Å². The number of fused-ring (bicyclic) bond motifs is 1. The molecule has 5 heteroatoms. The fourth-order valence-corrected chi connectivity index (χ4v) is 1.84. The highest BCUT2D eigenvalue weighted by Gasteiger charge is 2.09. The lowest BCUT2D eigenvalue weighted by Gasteiger charge is -2.10. The number of aromatic nitrogens is 1. The summed E-state index contributed by atoms with van der Waals surface area (Å²) in [6.45, 7) is 0. The lowest BCUT2D eigenvalue weighted by atomic mass is 10.1. The Bertz CT molecular complexity index is 526. The minimum atomic E-state index is 0.286. The molecule has 15 heavy (non-hydrogen) atoms. The maximum absolute atomic E-state index is 5.90. The van der Waals surface area contributed by atoms with Gasteiger partial charge in [-0.05, 0) is 18.2 Å². The molecule has 1 aromatic heterocycles. The van der Waals surface area contributed by atoms with E-state index in [0.717, 1.165) is 16.6 Å². The first kappa shape index (κ1) is 10.3. The summed E-state index contributed by atoms with van der Waals surface area (Å²) < 4.78 is 0. The van der Waals surface area contributed by atoms with Crippen LogP contribution in [0.5, 0.6) is 0 Å². The Labute approximate surface area is 97.2 Å². The van der Waals surface area contributed by atoms with E-state index in [4.69, 9.17) is 28.9 Å². The number of hydrogen-bond donors (Lipinski definition) is 2. The minimum absolute atomic E-state index is 0.286. The second kappa shape index (κ2) is 3.76. The Morgan fingerprint density at radius 2 is 2.07 bits per heavy atom. The van der Waals surface area contributed by atoms with Crippen molar-refractivity contribution in [3.8, 4) is 0 Å².